The number of methoxy groups -OCH3 is 1. The van der Waals surface area contributed by atoms with Crippen LogP contribution in [-0.4, -0.2) is 47.5 Å². The smallest absolute Gasteiger partial charge is 0.145 e. The van der Waals surface area contributed by atoms with Crippen LogP contribution in [0.4, 0.5) is 0 Å². The van der Waals surface area contributed by atoms with E-state index in [4.69, 9.17) is 9.72 Å². The van der Waals surface area contributed by atoms with E-state index in [-0.39, 0.29) is 0 Å². The summed E-state index contributed by atoms with van der Waals surface area (Å²) >= 11 is 0. The van der Waals surface area contributed by atoms with Crippen LogP contribution in [-0.2, 0) is 13.1 Å². The summed E-state index contributed by atoms with van der Waals surface area (Å²) in [5.74, 6) is 1.86. The van der Waals surface area contributed by atoms with E-state index in [1.807, 2.05) is 24.4 Å². The summed E-state index contributed by atoms with van der Waals surface area (Å²) in [6.07, 6.45) is 4.22. The van der Waals surface area contributed by atoms with E-state index in [9.17, 15) is 0 Å². The third-order valence-corrected chi connectivity index (χ3v) is 4.42. The van der Waals surface area contributed by atoms with Gasteiger partial charge in [0.25, 0.3) is 0 Å². The fourth-order valence-corrected chi connectivity index (χ4v) is 3.26. The topological polar surface area (TPSA) is 41.5 Å². The van der Waals surface area contributed by atoms with Crippen molar-refractivity contribution in [2.24, 2.45) is 0 Å². The van der Waals surface area contributed by atoms with Gasteiger partial charge in [0.2, 0.25) is 0 Å². The van der Waals surface area contributed by atoms with Gasteiger partial charge < -0.3 is 9.64 Å². The molecule has 128 valence electrons. The van der Waals surface area contributed by atoms with Gasteiger partial charge in [-0.25, -0.2) is 9.97 Å². The summed E-state index contributed by atoms with van der Waals surface area (Å²) in [6.45, 7) is 2.87. The molecule has 1 aromatic carbocycles. The minimum atomic E-state index is 0.314. The molecule has 0 unspecified atom stereocenters. The Morgan fingerprint density at radius 3 is 2.71 bits per heavy atom. The molecule has 2 aromatic rings. The molecule has 0 aliphatic carbocycles. The molecule has 5 nitrogen and oxygen atoms in total. The van der Waals surface area contributed by atoms with E-state index in [0.29, 0.717) is 6.04 Å². The van der Waals surface area contributed by atoms with Crippen molar-refractivity contribution in [1.82, 2.24) is 19.8 Å². The number of rotatable bonds is 6. The van der Waals surface area contributed by atoms with Crippen LogP contribution in [0.25, 0.3) is 0 Å². The standard InChI is InChI=1S/C19H26N4O/c1-22(2)14-16-10-11-20-19(21-16)18-5-4-12-23(18)13-15-6-8-17(24-3)9-7-15/h6-11,18H,4-5,12-14H2,1-3H3/t18-/m0/s1. The van der Waals surface area contributed by atoms with Crippen molar-refractivity contribution in [3.63, 3.8) is 0 Å². The number of hydrogen-bond acceptors (Lipinski definition) is 5. The molecule has 0 amide bonds. The van der Waals surface area contributed by atoms with E-state index < -0.39 is 0 Å². The molecule has 1 saturated heterocycles. The number of benzene rings is 1. The van der Waals surface area contributed by atoms with Gasteiger partial charge in [0.1, 0.15) is 11.6 Å². The van der Waals surface area contributed by atoms with Crippen LogP contribution in [0.1, 0.15) is 36.0 Å². The molecule has 24 heavy (non-hydrogen) atoms. The molecule has 0 N–H and O–H groups in total. The van der Waals surface area contributed by atoms with E-state index in [2.05, 4.69) is 41.0 Å². The monoisotopic (exact) mass is 326 g/mol. The average Bonchev–Trinajstić information content (AvgIpc) is 3.03. The van der Waals surface area contributed by atoms with Crippen molar-refractivity contribution in [3.05, 3.63) is 53.6 Å². The van der Waals surface area contributed by atoms with E-state index >= 15 is 0 Å². The highest BCUT2D eigenvalue weighted by molar-refractivity contribution is 5.27. The summed E-state index contributed by atoms with van der Waals surface area (Å²) < 4.78 is 5.24. The summed E-state index contributed by atoms with van der Waals surface area (Å²) in [5, 5.41) is 0. The molecule has 0 radical (unpaired) electrons. The third kappa shape index (κ3) is 4.10. The van der Waals surface area contributed by atoms with Gasteiger partial charge in [0.15, 0.2) is 0 Å². The van der Waals surface area contributed by atoms with Crippen molar-refractivity contribution in [3.8, 4) is 5.75 Å². The Hall–Kier alpha value is -1.98. The summed E-state index contributed by atoms with van der Waals surface area (Å²) in [6, 6.07) is 10.6. The van der Waals surface area contributed by atoms with Crippen LogP contribution >= 0.6 is 0 Å². The molecule has 1 atom stereocenters. The summed E-state index contributed by atoms with van der Waals surface area (Å²) in [4.78, 5) is 14.0. The molecule has 0 saturated carbocycles. The lowest BCUT2D eigenvalue weighted by Gasteiger charge is -2.24. The fourth-order valence-electron chi connectivity index (χ4n) is 3.26. The molecule has 0 bridgehead atoms. The summed E-state index contributed by atoms with van der Waals surface area (Å²) in [5.41, 5.74) is 2.38. The second kappa shape index (κ2) is 7.73. The quantitative estimate of drug-likeness (QED) is 0.816. The van der Waals surface area contributed by atoms with Gasteiger partial charge in [-0.05, 0) is 57.2 Å². The zero-order valence-electron chi connectivity index (χ0n) is 14.8. The second-order valence-corrected chi connectivity index (χ2v) is 6.62. The minimum absolute atomic E-state index is 0.314. The van der Waals surface area contributed by atoms with Gasteiger partial charge in [-0.2, -0.15) is 0 Å². The Morgan fingerprint density at radius 1 is 1.21 bits per heavy atom. The molecule has 1 fully saturated rings. The molecular formula is C19H26N4O. The Balaban J connectivity index is 1.72. The molecular weight excluding hydrogens is 300 g/mol. The van der Waals surface area contributed by atoms with Crippen LogP contribution in [0, 0.1) is 0 Å². The predicted octanol–water partition coefficient (Wildman–Crippen LogP) is 2.88. The number of nitrogens with zero attached hydrogens (tertiary/aromatic N) is 4. The zero-order chi connectivity index (χ0) is 16.9. The van der Waals surface area contributed by atoms with Crippen LogP contribution in [0.2, 0.25) is 0 Å². The largest absolute Gasteiger partial charge is 0.497 e. The highest BCUT2D eigenvalue weighted by Gasteiger charge is 2.28. The van der Waals surface area contributed by atoms with Crippen LogP contribution in [0.5, 0.6) is 5.75 Å². The van der Waals surface area contributed by atoms with Crippen molar-refractivity contribution in [1.29, 1.82) is 0 Å². The lowest BCUT2D eigenvalue weighted by molar-refractivity contribution is 0.239. The first-order valence-corrected chi connectivity index (χ1v) is 8.49. The Labute approximate surface area is 144 Å². The van der Waals surface area contributed by atoms with Gasteiger partial charge in [-0.1, -0.05) is 12.1 Å². The van der Waals surface area contributed by atoms with Crippen LogP contribution in [0.15, 0.2) is 36.5 Å². The Kier molecular flexibility index (Phi) is 5.43. The Morgan fingerprint density at radius 2 is 2.00 bits per heavy atom. The van der Waals surface area contributed by atoms with Crippen molar-refractivity contribution in [2.45, 2.75) is 32.0 Å². The molecule has 1 aromatic heterocycles. The predicted molar refractivity (Wildman–Crippen MR) is 94.8 cm³/mol. The van der Waals surface area contributed by atoms with Gasteiger partial charge in [-0.3, -0.25) is 4.90 Å². The molecule has 1 aliphatic rings. The maximum Gasteiger partial charge on any atom is 0.145 e. The number of aromatic nitrogens is 2. The number of ether oxygens (including phenoxy) is 1. The average molecular weight is 326 g/mol. The normalized spacial score (nSPS) is 18.2. The first kappa shape index (κ1) is 16.9. The maximum atomic E-state index is 5.24. The van der Waals surface area contributed by atoms with E-state index in [0.717, 1.165) is 43.3 Å². The molecule has 5 heteroatoms. The molecule has 3 rings (SSSR count). The lowest BCUT2D eigenvalue weighted by atomic mass is 10.1. The van der Waals surface area contributed by atoms with E-state index in [1.54, 1.807) is 7.11 Å². The Bertz CT molecular complexity index is 657. The van der Waals surface area contributed by atoms with Crippen molar-refractivity contribution in [2.75, 3.05) is 27.7 Å². The molecule has 1 aliphatic heterocycles. The maximum absolute atomic E-state index is 5.24. The SMILES string of the molecule is COc1ccc(CN2CCC[C@H]2c2nccc(CN(C)C)n2)cc1. The van der Waals surface area contributed by atoms with Gasteiger partial charge in [0.05, 0.1) is 18.8 Å². The molecule has 2 heterocycles. The fraction of sp³-hybridized carbons (Fsp3) is 0.474. The third-order valence-electron chi connectivity index (χ3n) is 4.42. The van der Waals surface area contributed by atoms with Crippen molar-refractivity contribution >= 4 is 0 Å². The first-order chi connectivity index (χ1) is 11.7. The first-order valence-electron chi connectivity index (χ1n) is 8.49. The lowest BCUT2D eigenvalue weighted by Crippen LogP contribution is -2.25. The highest BCUT2D eigenvalue weighted by atomic mass is 16.5. The number of likely N-dealkylation sites (tertiary alicyclic amines) is 1. The van der Waals surface area contributed by atoms with Gasteiger partial charge in [-0.15, -0.1) is 0 Å². The number of hydrogen-bond donors (Lipinski definition) is 0. The molecule has 0 spiro atoms. The van der Waals surface area contributed by atoms with Gasteiger partial charge >= 0.3 is 0 Å². The van der Waals surface area contributed by atoms with Crippen LogP contribution in [0.3, 0.4) is 0 Å². The van der Waals surface area contributed by atoms with Crippen LogP contribution < -0.4 is 4.74 Å². The zero-order valence-corrected chi connectivity index (χ0v) is 14.8. The van der Waals surface area contributed by atoms with E-state index in [1.165, 1.54) is 12.0 Å². The summed E-state index contributed by atoms with van der Waals surface area (Å²) in [7, 11) is 5.82. The van der Waals surface area contributed by atoms with Gasteiger partial charge in [0, 0.05) is 19.3 Å². The minimum Gasteiger partial charge on any atom is -0.497 e. The highest BCUT2D eigenvalue weighted by Crippen LogP contribution is 2.31. The van der Waals surface area contributed by atoms with Crippen molar-refractivity contribution < 1.29 is 4.74 Å². The second-order valence-electron chi connectivity index (χ2n) is 6.62.